The summed E-state index contributed by atoms with van der Waals surface area (Å²) in [5.41, 5.74) is 2.66. The van der Waals surface area contributed by atoms with Gasteiger partial charge in [-0.3, -0.25) is 4.79 Å². The highest BCUT2D eigenvalue weighted by Crippen LogP contribution is 2.37. The van der Waals surface area contributed by atoms with Crippen molar-refractivity contribution in [2.75, 3.05) is 25.6 Å². The Morgan fingerprint density at radius 1 is 1.10 bits per heavy atom. The lowest BCUT2D eigenvalue weighted by Crippen LogP contribution is -2.21. The molecule has 31 heavy (non-hydrogen) atoms. The third kappa shape index (κ3) is 5.57. The molecule has 3 rings (SSSR count). The molecule has 0 saturated carbocycles. The van der Waals surface area contributed by atoms with E-state index < -0.39 is 5.97 Å². The Hall–Kier alpha value is -3.03. The molecule has 0 fully saturated rings. The lowest BCUT2D eigenvalue weighted by molar-refractivity contribution is -0.118. The second-order valence-corrected chi connectivity index (χ2v) is 7.84. The van der Waals surface area contributed by atoms with E-state index in [1.54, 1.807) is 32.2 Å². The highest BCUT2D eigenvalue weighted by molar-refractivity contribution is 7.15. The number of hydrogen-bond acceptors (Lipinski definition) is 6. The Labute approximate surface area is 189 Å². The Morgan fingerprint density at radius 3 is 2.45 bits per heavy atom. The maximum absolute atomic E-state index is 12.6. The summed E-state index contributed by atoms with van der Waals surface area (Å²) in [5.74, 6) is 0.355. The Balaban J connectivity index is 1.79. The van der Waals surface area contributed by atoms with Crippen molar-refractivity contribution in [2.24, 2.45) is 0 Å². The molecule has 1 heterocycles. The molecule has 0 aliphatic carbocycles. The van der Waals surface area contributed by atoms with Gasteiger partial charge < -0.3 is 19.5 Å². The summed E-state index contributed by atoms with van der Waals surface area (Å²) in [4.78, 5) is 25.1. The van der Waals surface area contributed by atoms with Crippen LogP contribution < -0.4 is 14.8 Å². The van der Waals surface area contributed by atoms with Crippen LogP contribution in [-0.2, 0) is 9.53 Å². The van der Waals surface area contributed by atoms with Crippen LogP contribution in [0.3, 0.4) is 0 Å². The third-order valence-corrected chi connectivity index (χ3v) is 5.74. The number of aryl methyl sites for hydroxylation is 1. The summed E-state index contributed by atoms with van der Waals surface area (Å²) in [6, 6.07) is 12.5. The van der Waals surface area contributed by atoms with Gasteiger partial charge in [0.25, 0.3) is 5.91 Å². The van der Waals surface area contributed by atoms with Gasteiger partial charge in [-0.05, 0) is 55.3 Å². The van der Waals surface area contributed by atoms with E-state index >= 15 is 0 Å². The number of rotatable bonds is 8. The molecule has 2 aromatic carbocycles. The molecule has 1 aromatic heterocycles. The van der Waals surface area contributed by atoms with Gasteiger partial charge in [0.15, 0.2) is 6.61 Å². The van der Waals surface area contributed by atoms with E-state index in [0.29, 0.717) is 32.6 Å². The van der Waals surface area contributed by atoms with E-state index in [4.69, 9.17) is 25.8 Å². The van der Waals surface area contributed by atoms with Gasteiger partial charge in [-0.1, -0.05) is 23.7 Å². The smallest absolute Gasteiger partial charge is 0.341 e. The minimum absolute atomic E-state index is 0.209. The number of benzene rings is 2. The second kappa shape index (κ2) is 10.3. The Bertz CT molecular complexity index is 1080. The SMILES string of the molecule is CCOC(=O)c1c(-c2ccc(OC)cc2)csc1NC(=O)COc1ccc(Cl)c(C)c1. The number of hydrogen-bond donors (Lipinski definition) is 1. The molecule has 3 aromatic rings. The predicted molar refractivity (Wildman–Crippen MR) is 123 cm³/mol. The van der Waals surface area contributed by atoms with Crippen molar-refractivity contribution in [1.82, 2.24) is 0 Å². The second-order valence-electron chi connectivity index (χ2n) is 6.55. The van der Waals surface area contributed by atoms with Crippen LogP contribution in [0.1, 0.15) is 22.8 Å². The van der Waals surface area contributed by atoms with Crippen LogP contribution in [-0.4, -0.2) is 32.2 Å². The number of nitrogens with one attached hydrogen (secondary N) is 1. The van der Waals surface area contributed by atoms with E-state index in [1.165, 1.54) is 11.3 Å². The normalized spacial score (nSPS) is 10.5. The van der Waals surface area contributed by atoms with E-state index in [2.05, 4.69) is 5.32 Å². The molecule has 0 spiro atoms. The van der Waals surface area contributed by atoms with E-state index in [1.807, 2.05) is 36.6 Å². The van der Waals surface area contributed by atoms with Gasteiger partial charge >= 0.3 is 5.97 Å². The van der Waals surface area contributed by atoms with Gasteiger partial charge in [0.2, 0.25) is 0 Å². The summed E-state index contributed by atoms with van der Waals surface area (Å²) >= 11 is 7.26. The van der Waals surface area contributed by atoms with Crippen molar-refractivity contribution in [1.29, 1.82) is 0 Å². The number of anilines is 1. The van der Waals surface area contributed by atoms with E-state index in [0.717, 1.165) is 11.1 Å². The lowest BCUT2D eigenvalue weighted by Gasteiger charge is -2.10. The van der Waals surface area contributed by atoms with E-state index in [9.17, 15) is 9.59 Å². The maximum atomic E-state index is 12.6. The zero-order valence-corrected chi connectivity index (χ0v) is 18.9. The molecule has 1 N–H and O–H groups in total. The van der Waals surface area contributed by atoms with Gasteiger partial charge in [0, 0.05) is 16.0 Å². The maximum Gasteiger partial charge on any atom is 0.341 e. The number of amides is 1. The Kier molecular flexibility index (Phi) is 7.55. The van der Waals surface area contributed by atoms with Gasteiger partial charge in [-0.2, -0.15) is 0 Å². The van der Waals surface area contributed by atoms with Crippen molar-refractivity contribution >= 4 is 39.8 Å². The first-order chi connectivity index (χ1) is 14.9. The highest BCUT2D eigenvalue weighted by Gasteiger charge is 2.23. The summed E-state index contributed by atoms with van der Waals surface area (Å²) < 4.78 is 16.0. The molecule has 0 unspecified atom stereocenters. The van der Waals surface area contributed by atoms with Crippen molar-refractivity contribution in [2.45, 2.75) is 13.8 Å². The first-order valence-electron chi connectivity index (χ1n) is 9.54. The first-order valence-corrected chi connectivity index (χ1v) is 10.8. The molecule has 0 saturated heterocycles. The standard InChI is InChI=1S/C23H22ClNO5S/c1-4-29-23(27)21-18(15-5-7-16(28-3)8-6-15)13-31-22(21)25-20(26)12-30-17-9-10-19(24)14(2)11-17/h5-11,13H,4,12H2,1-3H3,(H,25,26). The number of thiophene rings is 1. The molecule has 0 atom stereocenters. The van der Waals surface area contributed by atoms with Crippen molar-refractivity contribution in [3.8, 4) is 22.6 Å². The summed E-state index contributed by atoms with van der Waals surface area (Å²) in [6.45, 7) is 3.60. The zero-order valence-electron chi connectivity index (χ0n) is 17.4. The number of esters is 1. The third-order valence-electron chi connectivity index (χ3n) is 4.42. The molecule has 1 amide bonds. The number of methoxy groups -OCH3 is 1. The topological polar surface area (TPSA) is 73.9 Å². The molecule has 8 heteroatoms. The largest absolute Gasteiger partial charge is 0.497 e. The molecular weight excluding hydrogens is 438 g/mol. The molecule has 0 aliphatic rings. The van der Waals surface area contributed by atoms with Gasteiger partial charge in [0.05, 0.1) is 13.7 Å². The number of carbonyl (C=O) groups is 2. The summed E-state index contributed by atoms with van der Waals surface area (Å²) in [5, 5.41) is 5.61. The fourth-order valence-electron chi connectivity index (χ4n) is 2.86. The highest BCUT2D eigenvalue weighted by atomic mass is 35.5. The summed E-state index contributed by atoms with van der Waals surface area (Å²) in [6.07, 6.45) is 0. The molecular formula is C23H22ClNO5S. The van der Waals surface area contributed by atoms with Crippen LogP contribution >= 0.6 is 22.9 Å². The van der Waals surface area contributed by atoms with Gasteiger partial charge in [0.1, 0.15) is 22.1 Å². The van der Waals surface area contributed by atoms with Crippen molar-refractivity contribution in [3.05, 3.63) is 64.0 Å². The molecule has 0 bridgehead atoms. The number of ether oxygens (including phenoxy) is 3. The Morgan fingerprint density at radius 2 is 1.81 bits per heavy atom. The summed E-state index contributed by atoms with van der Waals surface area (Å²) in [7, 11) is 1.59. The van der Waals surface area contributed by atoms with Crippen molar-refractivity contribution < 1.29 is 23.8 Å². The average Bonchev–Trinajstić information content (AvgIpc) is 3.18. The fraction of sp³-hybridized carbons (Fsp3) is 0.217. The van der Waals surface area contributed by atoms with E-state index in [-0.39, 0.29) is 19.1 Å². The quantitative estimate of drug-likeness (QED) is 0.445. The van der Waals surface area contributed by atoms with Crippen LogP contribution in [0.5, 0.6) is 11.5 Å². The van der Waals surface area contributed by atoms with Crippen LogP contribution in [0.4, 0.5) is 5.00 Å². The van der Waals surface area contributed by atoms with Crippen LogP contribution in [0.15, 0.2) is 47.8 Å². The molecule has 162 valence electrons. The minimum Gasteiger partial charge on any atom is -0.497 e. The number of carbonyl (C=O) groups excluding carboxylic acids is 2. The average molecular weight is 460 g/mol. The van der Waals surface area contributed by atoms with Crippen LogP contribution in [0, 0.1) is 6.92 Å². The fourth-order valence-corrected chi connectivity index (χ4v) is 3.95. The lowest BCUT2D eigenvalue weighted by atomic mass is 10.0. The number of halogens is 1. The monoisotopic (exact) mass is 459 g/mol. The predicted octanol–water partition coefficient (Wildman–Crippen LogP) is 5.58. The van der Waals surface area contributed by atoms with Gasteiger partial charge in [-0.25, -0.2) is 4.79 Å². The van der Waals surface area contributed by atoms with Crippen molar-refractivity contribution in [3.63, 3.8) is 0 Å². The van der Waals surface area contributed by atoms with Crippen LogP contribution in [0.25, 0.3) is 11.1 Å². The minimum atomic E-state index is -0.501. The zero-order chi connectivity index (χ0) is 22.4. The van der Waals surface area contributed by atoms with Crippen LogP contribution in [0.2, 0.25) is 5.02 Å². The molecule has 6 nitrogen and oxygen atoms in total. The first kappa shape index (κ1) is 22.7. The van der Waals surface area contributed by atoms with Gasteiger partial charge in [-0.15, -0.1) is 11.3 Å². The molecule has 0 aliphatic heterocycles. The molecule has 0 radical (unpaired) electrons.